The summed E-state index contributed by atoms with van der Waals surface area (Å²) >= 11 is 0. The van der Waals surface area contributed by atoms with E-state index in [1.165, 1.54) is 0 Å². The van der Waals surface area contributed by atoms with Crippen LogP contribution in [-0.2, 0) is 0 Å². The van der Waals surface area contributed by atoms with E-state index in [9.17, 15) is 0 Å². The molecule has 2 nitrogen and oxygen atoms in total. The largest absolute Gasteiger partial charge is 0.546 e. The van der Waals surface area contributed by atoms with Gasteiger partial charge in [-0.2, -0.15) is 0 Å². The molecule has 0 saturated carbocycles. The Hall–Kier alpha value is -0.349. The quantitative estimate of drug-likeness (QED) is 0.306. The van der Waals surface area contributed by atoms with Crippen molar-refractivity contribution in [2.75, 3.05) is 0 Å². The van der Waals surface area contributed by atoms with Crippen LogP contribution < -0.4 is 10.3 Å². The Kier molecular flexibility index (Phi) is 7.08. The summed E-state index contributed by atoms with van der Waals surface area (Å²) in [4.78, 5) is 0. The second-order valence-electron chi connectivity index (χ2n) is 11.8. The lowest BCUT2D eigenvalue weighted by Gasteiger charge is -2.59. The lowest BCUT2D eigenvalue weighted by molar-refractivity contribution is 0.378. The molecule has 0 aromatic heterocycles. The molecule has 0 amide bonds. The molecule has 0 unspecified atom stereocenters. The minimum atomic E-state index is -4.93. The summed E-state index contributed by atoms with van der Waals surface area (Å²) in [5, 5.41) is 3.25. The highest BCUT2D eigenvalue weighted by atomic mass is 28.5. The molecule has 0 aliphatic rings. The summed E-state index contributed by atoms with van der Waals surface area (Å²) in [6, 6.07) is 8.48. The van der Waals surface area contributed by atoms with E-state index >= 15 is 8.22 Å². The van der Waals surface area contributed by atoms with Crippen LogP contribution in [-0.4, -0.2) is 29.7 Å². The van der Waals surface area contributed by atoms with Crippen molar-refractivity contribution in [2.24, 2.45) is 0 Å². The maximum absolute atomic E-state index is 16.4. The average molecular weight is 445 g/mol. The summed E-state index contributed by atoms with van der Waals surface area (Å²) in [5.41, 5.74) is 0. The normalized spacial score (nSPS) is 15.2. The molecule has 0 aliphatic carbocycles. The summed E-state index contributed by atoms with van der Waals surface area (Å²) in [7, 11) is -9.87. The van der Waals surface area contributed by atoms with E-state index in [2.05, 4.69) is 87.0 Å². The first kappa shape index (κ1) is 25.7. The maximum Gasteiger partial charge on any atom is 0.546 e. The van der Waals surface area contributed by atoms with E-state index in [4.69, 9.17) is 0 Å². The number of hydrogen-bond acceptors (Lipinski definition) is 2. The van der Waals surface area contributed by atoms with Crippen LogP contribution in [0.3, 0.4) is 0 Å². The lowest BCUT2D eigenvalue weighted by atomic mass is 10.2. The van der Waals surface area contributed by atoms with Gasteiger partial charge in [0.05, 0.1) is 0 Å². The van der Waals surface area contributed by atoms with Gasteiger partial charge < -0.3 is 0 Å². The molecule has 0 saturated heterocycles. The summed E-state index contributed by atoms with van der Waals surface area (Å²) in [5.74, 6) is 0. The zero-order valence-corrected chi connectivity index (χ0v) is 23.1. The highest BCUT2D eigenvalue weighted by Gasteiger charge is 2.64. The van der Waals surface area contributed by atoms with Gasteiger partial charge in [-0.3, -0.25) is 5.09 Å². The summed E-state index contributed by atoms with van der Waals surface area (Å²) < 4.78 is 34.3. The van der Waals surface area contributed by atoms with Gasteiger partial charge in [0.2, 0.25) is 0 Å². The molecule has 7 heteroatoms. The van der Waals surface area contributed by atoms with Crippen molar-refractivity contribution in [3.05, 3.63) is 30.3 Å². The van der Waals surface area contributed by atoms with Crippen LogP contribution in [0.25, 0.3) is 0 Å². The Bertz CT molecular complexity index is 643. The fraction of sp³-hybridized carbons (Fsp3) is 0.714. The van der Waals surface area contributed by atoms with Crippen molar-refractivity contribution in [3.63, 3.8) is 0 Å². The van der Waals surface area contributed by atoms with Crippen molar-refractivity contribution >= 4 is 30.6 Å². The third-order valence-corrected chi connectivity index (χ3v) is 22.7. The molecule has 0 fully saturated rings. The van der Waals surface area contributed by atoms with Gasteiger partial charge in [0, 0.05) is 5.19 Å². The number of halogens is 2. The number of rotatable bonds is 5. The third-order valence-electron chi connectivity index (χ3n) is 7.04. The molecular formula is C21H42F2N2Si3. The van der Waals surface area contributed by atoms with Crippen molar-refractivity contribution in [3.8, 4) is 0 Å². The molecule has 0 bridgehead atoms. The average Bonchev–Trinajstić information content (AvgIpc) is 2.49. The van der Waals surface area contributed by atoms with Gasteiger partial charge >= 0.3 is 8.90 Å². The van der Waals surface area contributed by atoms with Crippen LogP contribution in [0.1, 0.15) is 62.3 Å². The zero-order chi connectivity index (χ0) is 22.4. The van der Waals surface area contributed by atoms with Crippen molar-refractivity contribution in [2.45, 2.75) is 97.1 Å². The minimum Gasteiger partial charge on any atom is -0.284 e. The number of benzene rings is 1. The lowest BCUT2D eigenvalue weighted by Crippen LogP contribution is -2.80. The summed E-state index contributed by atoms with van der Waals surface area (Å²) in [6.45, 7) is 25.8. The molecule has 0 atom stereocenters. The Balaban J connectivity index is 3.78. The Labute approximate surface area is 175 Å². The Morgan fingerprint density at radius 2 is 1.11 bits per heavy atom. The number of hydrazine groups is 1. The molecule has 1 N–H and O–H groups in total. The van der Waals surface area contributed by atoms with Crippen LogP contribution in [0.2, 0.25) is 34.8 Å². The van der Waals surface area contributed by atoms with Gasteiger partial charge in [-0.25, -0.2) is 12.6 Å². The molecule has 0 heterocycles. The second-order valence-corrected chi connectivity index (χ2v) is 24.9. The predicted molar refractivity (Wildman–Crippen MR) is 127 cm³/mol. The first-order valence-electron chi connectivity index (χ1n) is 10.2. The maximum atomic E-state index is 16.4. The van der Waals surface area contributed by atoms with Crippen molar-refractivity contribution < 1.29 is 8.22 Å². The van der Waals surface area contributed by atoms with Crippen molar-refractivity contribution in [1.29, 1.82) is 0 Å². The van der Waals surface area contributed by atoms with Crippen LogP contribution >= 0.6 is 0 Å². The summed E-state index contributed by atoms with van der Waals surface area (Å²) in [6.07, 6.45) is 0. The van der Waals surface area contributed by atoms with Crippen molar-refractivity contribution in [1.82, 2.24) is 9.43 Å². The smallest absolute Gasteiger partial charge is 0.284 e. The molecular weight excluding hydrogens is 402 g/mol. The van der Waals surface area contributed by atoms with Gasteiger partial charge in [-0.1, -0.05) is 112 Å². The zero-order valence-electron chi connectivity index (χ0n) is 20.1. The monoisotopic (exact) mass is 444 g/mol. The number of nitrogens with zero attached hydrogens (tertiary/aromatic N) is 1. The third kappa shape index (κ3) is 4.69. The fourth-order valence-electron chi connectivity index (χ4n) is 3.47. The highest BCUT2D eigenvalue weighted by Crippen LogP contribution is 2.54. The van der Waals surface area contributed by atoms with Crippen LogP contribution in [0.15, 0.2) is 30.3 Å². The molecule has 162 valence electrons. The Morgan fingerprint density at radius 3 is 1.43 bits per heavy atom. The van der Waals surface area contributed by atoms with E-state index < -0.39 is 25.4 Å². The highest BCUT2D eigenvalue weighted by molar-refractivity contribution is 6.96. The van der Waals surface area contributed by atoms with E-state index in [-0.39, 0.29) is 20.3 Å². The van der Waals surface area contributed by atoms with Gasteiger partial charge in [0.15, 0.2) is 0 Å². The molecule has 1 aromatic carbocycles. The van der Waals surface area contributed by atoms with Crippen LogP contribution in [0.5, 0.6) is 0 Å². The molecule has 28 heavy (non-hydrogen) atoms. The topological polar surface area (TPSA) is 15.3 Å². The van der Waals surface area contributed by atoms with E-state index in [0.717, 1.165) is 0 Å². The Morgan fingerprint density at radius 1 is 0.714 bits per heavy atom. The van der Waals surface area contributed by atoms with Gasteiger partial charge in [-0.15, -0.1) is 0 Å². The minimum absolute atomic E-state index is 0.0442. The van der Waals surface area contributed by atoms with E-state index in [0.29, 0.717) is 0 Å². The van der Waals surface area contributed by atoms with Gasteiger partial charge in [0.25, 0.3) is 0 Å². The standard InChI is InChI=1S/C21H42F2N2Si3/c1-19(2,3)26(10,11)24-25(27(12,20(4,5)6)21(7,8)9)28(22,23)18-16-14-13-15-17-18/h13-17,24H,1-12H3. The van der Waals surface area contributed by atoms with Gasteiger partial charge in [0.1, 0.15) is 16.5 Å². The van der Waals surface area contributed by atoms with Crippen LogP contribution in [0.4, 0.5) is 8.22 Å². The van der Waals surface area contributed by atoms with Gasteiger partial charge in [-0.05, 0) is 15.1 Å². The molecule has 1 rings (SSSR count). The first-order chi connectivity index (χ1) is 12.2. The first-order valence-corrected chi connectivity index (χ1v) is 17.4. The molecule has 0 aliphatic heterocycles. The molecule has 1 aromatic rings. The second kappa shape index (κ2) is 7.72. The number of hydrogen-bond donors (Lipinski definition) is 1. The van der Waals surface area contributed by atoms with Crippen LogP contribution in [0, 0.1) is 0 Å². The van der Waals surface area contributed by atoms with E-state index in [1.807, 2.05) is 6.07 Å². The fourth-order valence-corrected chi connectivity index (χ4v) is 16.6. The molecule has 0 spiro atoms. The number of nitrogens with one attached hydrogen (secondary N) is 1. The molecule has 0 radical (unpaired) electrons. The van der Waals surface area contributed by atoms with E-state index in [1.54, 1.807) is 28.6 Å². The SMILES string of the molecule is CC(C)(C)[Si](C)(C)NN([Si](F)(F)c1ccccc1)[Si](C)(C(C)(C)C)C(C)(C)C. The predicted octanol–water partition coefficient (Wildman–Crippen LogP) is 6.76.